The fourth-order valence-corrected chi connectivity index (χ4v) is 3.29. The summed E-state index contributed by atoms with van der Waals surface area (Å²) >= 11 is 0. The van der Waals surface area contributed by atoms with E-state index in [4.69, 9.17) is 20.7 Å². The van der Waals surface area contributed by atoms with Gasteiger partial charge in [0.05, 0.1) is 6.61 Å². The molecule has 0 aromatic heterocycles. The van der Waals surface area contributed by atoms with E-state index in [2.05, 4.69) is 21.3 Å². The Kier molecular flexibility index (Phi) is 16.2. The lowest BCUT2D eigenvalue weighted by atomic mass is 10.0. The Morgan fingerprint density at radius 1 is 0.950 bits per heavy atom. The third-order valence-corrected chi connectivity index (χ3v) is 5.63. The van der Waals surface area contributed by atoms with E-state index in [0.29, 0.717) is 0 Å². The molecule has 0 rings (SSSR count). The van der Waals surface area contributed by atoms with Gasteiger partial charge in [0.25, 0.3) is 0 Å². The van der Waals surface area contributed by atoms with Gasteiger partial charge in [0, 0.05) is 13.3 Å². The number of ether oxygens (including phenoxy) is 1. The number of hydrogen-bond acceptors (Lipinski definition) is 11. The fraction of sp³-hybridized carbons (Fsp3) is 0.696. The predicted molar refractivity (Wildman–Crippen MR) is 135 cm³/mol. The number of nitrogens with one attached hydrogen (secondary N) is 4. The van der Waals surface area contributed by atoms with Crippen molar-refractivity contribution in [1.82, 2.24) is 21.3 Å². The highest BCUT2D eigenvalue weighted by molar-refractivity contribution is 5.92. The first-order valence-electron chi connectivity index (χ1n) is 12.4. The summed E-state index contributed by atoms with van der Waals surface area (Å²) in [7, 11) is 0. The number of carbonyl (C=O) groups excluding carboxylic acids is 6. The Bertz CT molecular complexity index is 917. The number of aldehydes is 1. The minimum Gasteiger partial charge on any atom is -0.480 e. The second-order valence-electron chi connectivity index (χ2n) is 8.94. The van der Waals surface area contributed by atoms with Crippen molar-refractivity contribution in [3.8, 4) is 0 Å². The number of carboxylic acids is 1. The molecule has 0 saturated heterocycles. The van der Waals surface area contributed by atoms with Crippen molar-refractivity contribution in [3.63, 3.8) is 0 Å². The molecule has 0 aliphatic rings. The van der Waals surface area contributed by atoms with Gasteiger partial charge in [-0.3, -0.25) is 24.0 Å². The number of primary amides is 1. The average Bonchev–Trinajstić information content (AvgIpc) is 2.89. The molecule has 0 spiro atoms. The summed E-state index contributed by atoms with van der Waals surface area (Å²) in [5.41, 5.74) is 5.28. The number of amides is 5. The summed E-state index contributed by atoms with van der Waals surface area (Å²) in [4.78, 5) is 82.9. The maximum absolute atomic E-state index is 12.6. The summed E-state index contributed by atoms with van der Waals surface area (Å²) < 4.78 is 5.40. The van der Waals surface area contributed by atoms with Gasteiger partial charge in [-0.1, -0.05) is 6.92 Å². The summed E-state index contributed by atoms with van der Waals surface area (Å²) in [6, 6.07) is -5.25. The molecule has 0 heterocycles. The number of nitrogens with two attached hydrogens (primary N) is 1. The number of rotatable bonds is 19. The van der Waals surface area contributed by atoms with E-state index in [1.807, 2.05) is 0 Å². The number of aliphatic carboxylic acids is 1. The Hall–Kier alpha value is -3.67. The van der Waals surface area contributed by atoms with Crippen LogP contribution in [0.2, 0.25) is 0 Å². The summed E-state index contributed by atoms with van der Waals surface area (Å²) in [5.74, 6) is -5.40. The third-order valence-electron chi connectivity index (χ3n) is 5.63. The Morgan fingerprint density at radius 2 is 1.55 bits per heavy atom. The quantitative estimate of drug-likeness (QED) is 0.0656. The Labute approximate surface area is 230 Å². The van der Waals surface area contributed by atoms with Crippen LogP contribution in [0.5, 0.6) is 0 Å². The van der Waals surface area contributed by atoms with Gasteiger partial charge in [0.2, 0.25) is 29.5 Å². The highest BCUT2D eigenvalue weighted by Crippen LogP contribution is 2.12. The molecule has 0 saturated carbocycles. The van der Waals surface area contributed by atoms with Crippen molar-refractivity contribution >= 4 is 41.8 Å². The van der Waals surface area contributed by atoms with Crippen LogP contribution in [0.15, 0.2) is 0 Å². The predicted octanol–water partition coefficient (Wildman–Crippen LogP) is -4.59. The van der Waals surface area contributed by atoms with Gasteiger partial charge >= 0.3 is 5.97 Å². The Morgan fingerprint density at radius 3 is 2.00 bits per heavy atom. The zero-order valence-electron chi connectivity index (χ0n) is 22.7. The van der Waals surface area contributed by atoms with Crippen molar-refractivity contribution in [3.05, 3.63) is 0 Å². The lowest BCUT2D eigenvalue weighted by molar-refractivity contribution is -0.158. The van der Waals surface area contributed by atoms with E-state index in [1.165, 1.54) is 13.8 Å². The van der Waals surface area contributed by atoms with Crippen molar-refractivity contribution in [2.75, 3.05) is 6.61 Å². The van der Waals surface area contributed by atoms with Crippen LogP contribution in [0.25, 0.3) is 0 Å². The van der Waals surface area contributed by atoms with E-state index in [0.717, 1.165) is 6.92 Å². The molecular weight excluding hydrogens is 538 g/mol. The maximum Gasteiger partial charge on any atom is 0.326 e. The molecule has 0 aliphatic carbocycles. The molecule has 10 N–H and O–H groups in total. The monoisotopic (exact) mass is 577 g/mol. The highest BCUT2D eigenvalue weighted by atomic mass is 16.5. The maximum atomic E-state index is 12.6. The Balaban J connectivity index is 5.27. The first-order valence-corrected chi connectivity index (χ1v) is 12.4. The van der Waals surface area contributed by atoms with Gasteiger partial charge in [-0.15, -0.1) is 0 Å². The molecule has 0 aromatic rings. The van der Waals surface area contributed by atoms with E-state index < -0.39 is 90.7 Å². The molecule has 17 heteroatoms. The van der Waals surface area contributed by atoms with E-state index in [1.54, 1.807) is 6.92 Å². The van der Waals surface area contributed by atoms with Gasteiger partial charge in [-0.25, -0.2) is 4.79 Å². The van der Waals surface area contributed by atoms with Crippen LogP contribution >= 0.6 is 0 Å². The number of aliphatic hydroxyl groups is 3. The molecule has 5 amide bonds. The summed E-state index contributed by atoms with van der Waals surface area (Å²) in [6.07, 6.45) is -7.09. The van der Waals surface area contributed by atoms with Crippen molar-refractivity contribution in [2.45, 2.75) is 95.5 Å². The molecule has 0 radical (unpaired) electrons. The van der Waals surface area contributed by atoms with Crippen LogP contribution in [-0.4, -0.2) is 117 Å². The van der Waals surface area contributed by atoms with Crippen LogP contribution in [0.3, 0.4) is 0 Å². The first-order chi connectivity index (χ1) is 18.6. The average molecular weight is 578 g/mol. The molecule has 228 valence electrons. The SMILES string of the molecule is CCC(NC(=O)CCC(NC(=O)C(C)NC(=O)C(C)O[C@@H]([C@H](O)[C@H](O)CO)[C@H](C=O)NC(C)=O)C(N)=O)C(=O)O. The first kappa shape index (κ1) is 36.3. The highest BCUT2D eigenvalue weighted by Gasteiger charge is 2.37. The molecule has 0 fully saturated rings. The number of carboxylic acid groups (broad SMARTS) is 1. The largest absolute Gasteiger partial charge is 0.480 e. The zero-order chi connectivity index (χ0) is 31.2. The van der Waals surface area contributed by atoms with Gasteiger partial charge in [-0.05, 0) is 26.7 Å². The number of hydrogen-bond donors (Lipinski definition) is 9. The second-order valence-corrected chi connectivity index (χ2v) is 8.94. The van der Waals surface area contributed by atoms with Gasteiger partial charge in [-0.2, -0.15) is 0 Å². The van der Waals surface area contributed by atoms with E-state index in [9.17, 15) is 43.8 Å². The lowest BCUT2D eigenvalue weighted by Gasteiger charge is -2.32. The minimum atomic E-state index is -1.90. The number of carbonyl (C=O) groups is 7. The third kappa shape index (κ3) is 12.5. The van der Waals surface area contributed by atoms with E-state index >= 15 is 0 Å². The zero-order valence-corrected chi connectivity index (χ0v) is 22.7. The topological polar surface area (TPSA) is 284 Å². The standard InChI is InChI=1S/C23H39N5O12/c1-5-13(23(38)39)27-17(33)7-6-14(20(24)35)28-21(36)10(2)25-22(37)11(3)40-19(18(34)16(32)9-30)15(8-29)26-12(4)31/h8,10-11,13-16,18-19,30,32,34H,5-7,9H2,1-4H3,(H2,24,35)(H,25,37)(H,26,31)(H,27,33)(H,28,36)(H,38,39)/t10?,11?,13?,14?,15-,16+,18+,19+/m0/s1. The molecule has 17 nitrogen and oxygen atoms in total. The molecule has 0 aliphatic heterocycles. The fourth-order valence-electron chi connectivity index (χ4n) is 3.29. The molecule has 8 atom stereocenters. The minimum absolute atomic E-state index is 0.126. The van der Waals surface area contributed by atoms with Gasteiger partial charge in [0.1, 0.15) is 54.9 Å². The normalized spacial score (nSPS) is 17.0. The van der Waals surface area contributed by atoms with Crippen LogP contribution in [-0.2, 0) is 38.3 Å². The van der Waals surface area contributed by atoms with E-state index in [-0.39, 0.29) is 25.5 Å². The van der Waals surface area contributed by atoms with Crippen LogP contribution in [0.4, 0.5) is 0 Å². The molecule has 0 aromatic carbocycles. The smallest absolute Gasteiger partial charge is 0.326 e. The lowest BCUT2D eigenvalue weighted by Crippen LogP contribution is -2.57. The van der Waals surface area contributed by atoms with Gasteiger partial charge in [0.15, 0.2) is 0 Å². The second kappa shape index (κ2) is 17.8. The van der Waals surface area contributed by atoms with Crippen molar-refractivity contribution in [2.24, 2.45) is 5.73 Å². The van der Waals surface area contributed by atoms with Crippen LogP contribution in [0.1, 0.15) is 47.0 Å². The number of aliphatic hydroxyl groups excluding tert-OH is 3. The summed E-state index contributed by atoms with van der Waals surface area (Å²) in [6.45, 7) is 4.13. The van der Waals surface area contributed by atoms with Crippen molar-refractivity contribution < 1.29 is 58.7 Å². The van der Waals surface area contributed by atoms with Crippen LogP contribution in [0, 0.1) is 0 Å². The van der Waals surface area contributed by atoms with Crippen LogP contribution < -0.4 is 27.0 Å². The molecule has 4 unspecified atom stereocenters. The summed E-state index contributed by atoms with van der Waals surface area (Å²) in [5, 5.41) is 47.2. The van der Waals surface area contributed by atoms with Gasteiger partial charge < -0.3 is 57.0 Å². The van der Waals surface area contributed by atoms with Crippen molar-refractivity contribution in [1.29, 1.82) is 0 Å². The molecule has 0 bridgehead atoms. The molecule has 40 heavy (non-hydrogen) atoms. The molecular formula is C23H39N5O12.